The van der Waals surface area contributed by atoms with E-state index in [9.17, 15) is 0 Å². The number of hydrogen-bond donors (Lipinski definition) is 3. The molecule has 56 valence electrons. The van der Waals surface area contributed by atoms with Gasteiger partial charge in [-0.25, -0.2) is 0 Å². The molecule has 0 aliphatic carbocycles. The van der Waals surface area contributed by atoms with Gasteiger partial charge in [-0.1, -0.05) is 0 Å². The van der Waals surface area contributed by atoms with Crippen LogP contribution in [0, 0.1) is 0 Å². The fourth-order valence-corrected chi connectivity index (χ4v) is 0.482. The highest BCUT2D eigenvalue weighted by molar-refractivity contribution is 4.65. The van der Waals surface area contributed by atoms with Gasteiger partial charge in [0, 0.05) is 19.1 Å². The molecule has 0 rings (SSSR count). The van der Waals surface area contributed by atoms with Crippen LogP contribution in [0.5, 0.6) is 0 Å². The van der Waals surface area contributed by atoms with Crippen molar-refractivity contribution < 1.29 is 5.11 Å². The summed E-state index contributed by atoms with van der Waals surface area (Å²) in [4.78, 5) is 0. The number of aliphatic hydroxyl groups is 1. The second-order valence-electron chi connectivity index (χ2n) is 2.27. The van der Waals surface area contributed by atoms with Crippen molar-refractivity contribution in [3.05, 3.63) is 0 Å². The van der Waals surface area contributed by atoms with Gasteiger partial charge in [0.05, 0.1) is 6.10 Å². The summed E-state index contributed by atoms with van der Waals surface area (Å²) >= 11 is 0. The first-order valence-electron chi connectivity index (χ1n) is 3.30. The van der Waals surface area contributed by atoms with Crippen LogP contribution in [0.15, 0.2) is 0 Å². The van der Waals surface area contributed by atoms with Crippen LogP contribution in [-0.2, 0) is 0 Å². The van der Waals surface area contributed by atoms with E-state index in [0.29, 0.717) is 6.54 Å². The van der Waals surface area contributed by atoms with Crippen LogP contribution in [0.1, 0.15) is 13.8 Å². The van der Waals surface area contributed by atoms with E-state index in [1.54, 1.807) is 6.92 Å². The molecule has 0 aromatic rings. The molecule has 0 saturated carbocycles. The fourth-order valence-electron chi connectivity index (χ4n) is 0.482. The lowest BCUT2D eigenvalue weighted by Gasteiger charge is -2.15. The first-order valence-corrected chi connectivity index (χ1v) is 3.30. The lowest BCUT2D eigenvalue weighted by Crippen LogP contribution is -2.38. The summed E-state index contributed by atoms with van der Waals surface area (Å²) in [7, 11) is 0. The maximum atomic E-state index is 8.94. The molecule has 0 aromatic carbocycles. The van der Waals surface area contributed by atoms with Gasteiger partial charge in [-0.15, -0.1) is 0 Å². The smallest absolute Gasteiger partial charge is 0.0662 e. The fraction of sp³-hybridized carbons (Fsp3) is 1.00. The number of nitrogens with two attached hydrogens (primary N) is 1. The van der Waals surface area contributed by atoms with Crippen LogP contribution in [-0.4, -0.2) is 30.3 Å². The average molecular weight is 132 g/mol. The summed E-state index contributed by atoms with van der Waals surface area (Å²) in [5.74, 6) is 0. The molecule has 2 atom stereocenters. The summed E-state index contributed by atoms with van der Waals surface area (Å²) < 4.78 is 0. The van der Waals surface area contributed by atoms with Gasteiger partial charge in [0.15, 0.2) is 0 Å². The third kappa shape index (κ3) is 4.39. The Morgan fingerprint density at radius 3 is 2.44 bits per heavy atom. The Balaban J connectivity index is 3.16. The molecule has 0 heterocycles. The average Bonchev–Trinajstić information content (AvgIpc) is 1.82. The maximum absolute atomic E-state index is 8.94. The van der Waals surface area contributed by atoms with E-state index in [1.807, 2.05) is 6.92 Å². The van der Waals surface area contributed by atoms with Gasteiger partial charge in [-0.2, -0.15) is 0 Å². The highest BCUT2D eigenvalue weighted by Crippen LogP contribution is 1.87. The summed E-state index contributed by atoms with van der Waals surface area (Å²) in [6.45, 7) is 5.08. The standard InChI is InChI=1S/C6H16N2O/c1-5(6(2)9)8-4-3-7/h5-6,8-9H,3-4,7H2,1-2H3. The lowest BCUT2D eigenvalue weighted by atomic mass is 10.2. The Kier molecular flexibility index (Phi) is 4.67. The Morgan fingerprint density at radius 2 is 2.11 bits per heavy atom. The Hall–Kier alpha value is -0.120. The van der Waals surface area contributed by atoms with Crippen LogP contribution in [0.4, 0.5) is 0 Å². The predicted molar refractivity (Wildman–Crippen MR) is 38.2 cm³/mol. The molecule has 0 spiro atoms. The minimum atomic E-state index is -0.295. The lowest BCUT2D eigenvalue weighted by molar-refractivity contribution is 0.153. The topological polar surface area (TPSA) is 58.3 Å². The van der Waals surface area contributed by atoms with Gasteiger partial charge in [-0.3, -0.25) is 0 Å². The van der Waals surface area contributed by atoms with Gasteiger partial charge >= 0.3 is 0 Å². The molecular formula is C6H16N2O. The molecule has 0 saturated heterocycles. The van der Waals surface area contributed by atoms with Crippen LogP contribution in [0.25, 0.3) is 0 Å². The van der Waals surface area contributed by atoms with E-state index in [-0.39, 0.29) is 12.1 Å². The molecule has 9 heavy (non-hydrogen) atoms. The molecule has 0 aliphatic rings. The second-order valence-corrected chi connectivity index (χ2v) is 2.27. The van der Waals surface area contributed by atoms with Crippen molar-refractivity contribution in [2.75, 3.05) is 13.1 Å². The summed E-state index contributed by atoms with van der Waals surface area (Å²) in [5, 5.41) is 12.0. The third-order valence-electron chi connectivity index (χ3n) is 1.33. The van der Waals surface area contributed by atoms with E-state index in [1.165, 1.54) is 0 Å². The predicted octanol–water partition coefficient (Wildman–Crippen LogP) is -0.696. The Labute approximate surface area is 56.2 Å². The zero-order valence-electron chi connectivity index (χ0n) is 6.09. The van der Waals surface area contributed by atoms with Crippen molar-refractivity contribution in [3.63, 3.8) is 0 Å². The molecule has 3 heteroatoms. The molecule has 4 N–H and O–H groups in total. The first-order chi connectivity index (χ1) is 4.18. The van der Waals surface area contributed by atoms with Crippen molar-refractivity contribution in [2.45, 2.75) is 26.0 Å². The molecule has 0 bridgehead atoms. The number of nitrogens with one attached hydrogen (secondary N) is 1. The minimum Gasteiger partial charge on any atom is -0.392 e. The van der Waals surface area contributed by atoms with E-state index in [4.69, 9.17) is 10.8 Å². The Morgan fingerprint density at radius 1 is 1.56 bits per heavy atom. The van der Waals surface area contributed by atoms with Crippen molar-refractivity contribution in [1.29, 1.82) is 0 Å². The minimum absolute atomic E-state index is 0.147. The van der Waals surface area contributed by atoms with Crippen LogP contribution < -0.4 is 11.1 Å². The zero-order chi connectivity index (χ0) is 7.28. The van der Waals surface area contributed by atoms with Crippen molar-refractivity contribution >= 4 is 0 Å². The Bertz CT molecular complexity index is 66.1. The number of rotatable bonds is 4. The first kappa shape index (κ1) is 8.88. The van der Waals surface area contributed by atoms with E-state index in [0.717, 1.165) is 6.54 Å². The molecule has 0 amide bonds. The number of hydrogen-bond acceptors (Lipinski definition) is 3. The summed E-state index contributed by atoms with van der Waals surface area (Å²) in [5.41, 5.74) is 5.23. The summed E-state index contributed by atoms with van der Waals surface area (Å²) in [6, 6.07) is 0.147. The monoisotopic (exact) mass is 132 g/mol. The molecule has 0 aliphatic heterocycles. The molecular weight excluding hydrogens is 116 g/mol. The third-order valence-corrected chi connectivity index (χ3v) is 1.33. The zero-order valence-corrected chi connectivity index (χ0v) is 6.09. The quantitative estimate of drug-likeness (QED) is 0.474. The van der Waals surface area contributed by atoms with Gasteiger partial charge < -0.3 is 16.2 Å². The highest BCUT2D eigenvalue weighted by atomic mass is 16.3. The molecule has 3 nitrogen and oxygen atoms in total. The highest BCUT2D eigenvalue weighted by Gasteiger charge is 2.04. The largest absolute Gasteiger partial charge is 0.392 e. The molecule has 0 radical (unpaired) electrons. The van der Waals surface area contributed by atoms with Crippen molar-refractivity contribution in [1.82, 2.24) is 5.32 Å². The second kappa shape index (κ2) is 4.73. The van der Waals surface area contributed by atoms with Crippen molar-refractivity contribution in [3.8, 4) is 0 Å². The van der Waals surface area contributed by atoms with Gasteiger partial charge in [-0.05, 0) is 13.8 Å². The van der Waals surface area contributed by atoms with Crippen LogP contribution in [0.3, 0.4) is 0 Å². The van der Waals surface area contributed by atoms with Gasteiger partial charge in [0.25, 0.3) is 0 Å². The SMILES string of the molecule is CC(O)C(C)NCCN. The van der Waals surface area contributed by atoms with Crippen LogP contribution in [0.2, 0.25) is 0 Å². The van der Waals surface area contributed by atoms with Crippen molar-refractivity contribution in [2.24, 2.45) is 5.73 Å². The maximum Gasteiger partial charge on any atom is 0.0662 e. The van der Waals surface area contributed by atoms with E-state index < -0.39 is 0 Å². The van der Waals surface area contributed by atoms with Gasteiger partial charge in [0.2, 0.25) is 0 Å². The summed E-state index contributed by atoms with van der Waals surface area (Å²) in [6.07, 6.45) is -0.295. The van der Waals surface area contributed by atoms with E-state index in [2.05, 4.69) is 5.32 Å². The number of aliphatic hydroxyl groups excluding tert-OH is 1. The van der Waals surface area contributed by atoms with Gasteiger partial charge in [0.1, 0.15) is 0 Å². The molecule has 0 fully saturated rings. The van der Waals surface area contributed by atoms with Crippen LogP contribution >= 0.6 is 0 Å². The normalized spacial score (nSPS) is 17.3. The molecule has 2 unspecified atom stereocenters. The molecule has 0 aromatic heterocycles. The van der Waals surface area contributed by atoms with E-state index >= 15 is 0 Å².